The topological polar surface area (TPSA) is 109 Å². The zero-order chi connectivity index (χ0) is 23.4. The molecule has 0 aliphatic heterocycles. The molecule has 0 bridgehead atoms. The van der Waals surface area contributed by atoms with Crippen LogP contribution in [0.2, 0.25) is 10.0 Å². The molecule has 0 aliphatic rings. The predicted octanol–water partition coefficient (Wildman–Crippen LogP) is 5.76. The van der Waals surface area contributed by atoms with Crippen molar-refractivity contribution in [1.82, 2.24) is 14.9 Å². The van der Waals surface area contributed by atoms with Crippen molar-refractivity contribution in [1.29, 1.82) is 5.26 Å². The quantitative estimate of drug-likeness (QED) is 0.189. The molecule has 0 saturated heterocycles. The molecule has 0 aliphatic carbocycles. The second-order valence-corrected chi connectivity index (χ2v) is 10.2. The lowest BCUT2D eigenvalue weighted by Crippen LogP contribution is -2.19. The van der Waals surface area contributed by atoms with Gasteiger partial charge in [0.15, 0.2) is 6.19 Å². The molecule has 0 atom stereocenters. The Morgan fingerprint density at radius 1 is 1.06 bits per heavy atom. The molecule has 0 unspecified atom stereocenters. The van der Waals surface area contributed by atoms with Gasteiger partial charge in [-0.3, -0.25) is 0 Å². The molecule has 1 heterocycles. The summed E-state index contributed by atoms with van der Waals surface area (Å²) in [6.45, 7) is 0. The molecule has 166 valence electrons. The fraction of sp³-hybridized carbons (Fsp3) is 0.0455. The highest BCUT2D eigenvalue weighted by molar-refractivity contribution is 7.99. The molecule has 0 spiro atoms. The summed E-state index contributed by atoms with van der Waals surface area (Å²) in [6, 6.07) is 19.2. The molecular formula is C22H14Cl2N4O3S2. The van der Waals surface area contributed by atoms with Gasteiger partial charge in [0, 0.05) is 21.2 Å². The maximum absolute atomic E-state index is 12.7. The van der Waals surface area contributed by atoms with Crippen LogP contribution in [-0.4, -0.2) is 18.6 Å². The summed E-state index contributed by atoms with van der Waals surface area (Å²) in [5.74, 6) is 0.838. The van der Waals surface area contributed by atoms with Crippen molar-refractivity contribution in [2.24, 2.45) is 0 Å². The normalized spacial score (nSPS) is 11.2. The number of aromatic nitrogens is 2. The maximum Gasteiger partial charge on any atom is 0.271 e. The molecule has 4 rings (SSSR count). The van der Waals surface area contributed by atoms with E-state index in [1.165, 1.54) is 30.1 Å². The van der Waals surface area contributed by atoms with Gasteiger partial charge in [0.2, 0.25) is 5.82 Å². The zero-order valence-corrected chi connectivity index (χ0v) is 19.8. The second kappa shape index (κ2) is 9.85. The largest absolute Gasteiger partial charge is 0.334 e. The van der Waals surface area contributed by atoms with Gasteiger partial charge in [0.1, 0.15) is 4.90 Å². The average molecular weight is 517 g/mol. The van der Waals surface area contributed by atoms with Gasteiger partial charge in [-0.25, -0.2) is 13.1 Å². The summed E-state index contributed by atoms with van der Waals surface area (Å²) in [5, 5.41) is 13.7. The molecule has 1 N–H and O–H groups in total. The molecule has 0 fully saturated rings. The van der Waals surface area contributed by atoms with E-state index in [0.717, 1.165) is 5.56 Å². The minimum atomic E-state index is -4.14. The SMILES string of the molecule is N#CNS(=O)(=O)c1cc(-c2nc(-c3ccc(Cl)cc3)no2)c(Cl)cc1SCc1ccccc1. The van der Waals surface area contributed by atoms with E-state index in [1.807, 2.05) is 35.1 Å². The number of hydrogen-bond donors (Lipinski definition) is 1. The highest BCUT2D eigenvalue weighted by Crippen LogP contribution is 2.38. The van der Waals surface area contributed by atoms with E-state index in [1.54, 1.807) is 24.3 Å². The summed E-state index contributed by atoms with van der Waals surface area (Å²) in [4.78, 5) is 4.61. The van der Waals surface area contributed by atoms with Crippen LogP contribution < -0.4 is 4.72 Å². The smallest absolute Gasteiger partial charge is 0.271 e. The molecule has 1 aromatic heterocycles. The third-order valence-corrected chi connectivity index (χ3v) is 7.60. The number of hydrogen-bond acceptors (Lipinski definition) is 7. The summed E-state index contributed by atoms with van der Waals surface area (Å²) in [5.41, 5.74) is 1.90. The number of nitrogens with zero attached hydrogens (tertiary/aromatic N) is 3. The first-order valence-corrected chi connectivity index (χ1v) is 12.6. The minimum absolute atomic E-state index is 0.0398. The summed E-state index contributed by atoms with van der Waals surface area (Å²) in [6.07, 6.45) is 1.47. The molecule has 0 radical (unpaired) electrons. The van der Waals surface area contributed by atoms with Crippen LogP contribution in [0.4, 0.5) is 0 Å². The predicted molar refractivity (Wildman–Crippen MR) is 127 cm³/mol. The number of nitriles is 1. The second-order valence-electron chi connectivity index (χ2n) is 6.70. The molecular weight excluding hydrogens is 503 g/mol. The standard InChI is InChI=1S/C22H14Cl2N4O3S2/c23-16-8-6-15(7-9-16)21-27-22(31-28-21)17-10-20(33(29,30)26-13-25)19(11-18(17)24)32-12-14-4-2-1-3-5-14/h1-11,26H,12H2. The average Bonchev–Trinajstić information content (AvgIpc) is 3.28. The molecule has 33 heavy (non-hydrogen) atoms. The van der Waals surface area contributed by atoms with Crippen LogP contribution >= 0.6 is 35.0 Å². The van der Waals surface area contributed by atoms with E-state index in [0.29, 0.717) is 27.1 Å². The maximum atomic E-state index is 12.7. The molecule has 0 saturated carbocycles. The van der Waals surface area contributed by atoms with Crippen LogP contribution in [0.1, 0.15) is 5.56 Å². The molecule has 7 nitrogen and oxygen atoms in total. The number of benzene rings is 3. The van der Waals surface area contributed by atoms with E-state index < -0.39 is 10.0 Å². The first kappa shape index (κ1) is 23.1. The minimum Gasteiger partial charge on any atom is -0.334 e. The lowest BCUT2D eigenvalue weighted by molar-refractivity contribution is 0.432. The Morgan fingerprint density at radius 2 is 1.79 bits per heavy atom. The van der Waals surface area contributed by atoms with Crippen LogP contribution in [0.25, 0.3) is 22.8 Å². The number of nitrogens with one attached hydrogen (secondary N) is 1. The first-order chi connectivity index (χ1) is 15.9. The van der Waals surface area contributed by atoms with E-state index >= 15 is 0 Å². The Bertz CT molecular complexity index is 1430. The van der Waals surface area contributed by atoms with Gasteiger partial charge in [-0.1, -0.05) is 58.7 Å². The van der Waals surface area contributed by atoms with Crippen molar-refractivity contribution in [3.63, 3.8) is 0 Å². The highest BCUT2D eigenvalue weighted by Gasteiger charge is 2.24. The molecule has 3 aromatic carbocycles. The van der Waals surface area contributed by atoms with Gasteiger partial charge in [0.25, 0.3) is 15.9 Å². The first-order valence-electron chi connectivity index (χ1n) is 9.38. The van der Waals surface area contributed by atoms with Gasteiger partial charge >= 0.3 is 0 Å². The fourth-order valence-corrected chi connectivity index (χ4v) is 5.61. The Morgan fingerprint density at radius 3 is 2.48 bits per heavy atom. The molecule has 4 aromatic rings. The Kier molecular flexibility index (Phi) is 6.91. The van der Waals surface area contributed by atoms with Crippen molar-refractivity contribution in [2.75, 3.05) is 0 Å². The van der Waals surface area contributed by atoms with Crippen LogP contribution in [0.15, 0.2) is 81.0 Å². The van der Waals surface area contributed by atoms with Crippen LogP contribution in [-0.2, 0) is 15.8 Å². The van der Waals surface area contributed by atoms with E-state index in [4.69, 9.17) is 33.0 Å². The van der Waals surface area contributed by atoms with Gasteiger partial charge in [-0.2, -0.15) is 10.2 Å². The summed E-state index contributed by atoms with van der Waals surface area (Å²) in [7, 11) is -4.14. The number of thioether (sulfide) groups is 1. The number of rotatable bonds is 7. The van der Waals surface area contributed by atoms with Gasteiger partial charge in [0.05, 0.1) is 10.6 Å². The Hall–Kier alpha value is -3.03. The van der Waals surface area contributed by atoms with Crippen molar-refractivity contribution in [2.45, 2.75) is 15.5 Å². The van der Waals surface area contributed by atoms with Crippen molar-refractivity contribution < 1.29 is 12.9 Å². The van der Waals surface area contributed by atoms with E-state index in [9.17, 15) is 8.42 Å². The summed E-state index contributed by atoms with van der Waals surface area (Å²) < 4.78 is 32.7. The molecule has 0 amide bonds. The fourth-order valence-electron chi connectivity index (χ4n) is 2.92. The van der Waals surface area contributed by atoms with Gasteiger partial charge in [-0.05, 0) is 42.0 Å². The zero-order valence-electron chi connectivity index (χ0n) is 16.7. The summed E-state index contributed by atoms with van der Waals surface area (Å²) >= 11 is 13.7. The Labute approximate surface area is 204 Å². The lowest BCUT2D eigenvalue weighted by Gasteiger charge is -2.12. The Balaban J connectivity index is 1.74. The van der Waals surface area contributed by atoms with Crippen LogP contribution in [0, 0.1) is 11.5 Å². The number of halogens is 2. The van der Waals surface area contributed by atoms with Crippen molar-refractivity contribution in [3.8, 4) is 29.0 Å². The highest BCUT2D eigenvalue weighted by atomic mass is 35.5. The molecule has 11 heteroatoms. The number of sulfonamides is 1. The van der Waals surface area contributed by atoms with Crippen LogP contribution in [0.3, 0.4) is 0 Å². The van der Waals surface area contributed by atoms with Crippen LogP contribution in [0.5, 0.6) is 0 Å². The van der Waals surface area contributed by atoms with E-state index in [2.05, 4.69) is 10.1 Å². The van der Waals surface area contributed by atoms with Gasteiger partial charge in [-0.15, -0.1) is 11.8 Å². The van der Waals surface area contributed by atoms with Crippen molar-refractivity contribution >= 4 is 45.0 Å². The third-order valence-electron chi connectivity index (χ3n) is 4.50. The monoisotopic (exact) mass is 516 g/mol. The van der Waals surface area contributed by atoms with Crippen molar-refractivity contribution in [3.05, 3.63) is 82.3 Å². The third kappa shape index (κ3) is 5.31. The lowest BCUT2D eigenvalue weighted by atomic mass is 10.2. The van der Waals surface area contributed by atoms with E-state index in [-0.39, 0.29) is 21.4 Å². The van der Waals surface area contributed by atoms with Gasteiger partial charge < -0.3 is 4.52 Å².